The summed E-state index contributed by atoms with van der Waals surface area (Å²) in [5.74, 6) is 0.445. The maximum Gasteiger partial charge on any atom is 0.142 e. The Balaban J connectivity index is 2.38. The molecule has 2 rings (SSSR count). The van der Waals surface area contributed by atoms with Crippen LogP contribution in [0.4, 0.5) is 15.8 Å². The first-order valence-electron chi connectivity index (χ1n) is 6.04. The highest BCUT2D eigenvalue weighted by Gasteiger charge is 2.07. The van der Waals surface area contributed by atoms with E-state index in [2.05, 4.69) is 5.32 Å². The predicted molar refractivity (Wildman–Crippen MR) is 75.3 cm³/mol. The molecule has 0 aliphatic carbocycles. The van der Waals surface area contributed by atoms with Crippen molar-refractivity contribution >= 4 is 11.4 Å². The van der Waals surface area contributed by atoms with Crippen LogP contribution in [0.1, 0.15) is 11.1 Å². The summed E-state index contributed by atoms with van der Waals surface area (Å²) in [6.45, 7) is 2.27. The third kappa shape index (κ3) is 3.03. The van der Waals surface area contributed by atoms with Crippen LogP contribution in [-0.4, -0.2) is 7.11 Å². The Morgan fingerprint density at radius 1 is 1.16 bits per heavy atom. The molecule has 0 spiro atoms. The molecule has 2 aromatic carbocycles. The Kier molecular flexibility index (Phi) is 4.02. The largest absolute Gasteiger partial charge is 0.495 e. The number of rotatable bonds is 4. The van der Waals surface area contributed by atoms with Crippen molar-refractivity contribution in [1.82, 2.24) is 0 Å². The standard InChI is InChI=1S/C15H17FN2O/c1-10-3-6-15(19-2)14(7-10)18-13-5-4-12(16)8-11(13)9-17/h3-8,18H,9,17H2,1-2H3. The van der Waals surface area contributed by atoms with Crippen molar-refractivity contribution in [3.8, 4) is 5.75 Å². The first-order valence-corrected chi connectivity index (χ1v) is 6.04. The van der Waals surface area contributed by atoms with Crippen LogP contribution in [0, 0.1) is 12.7 Å². The lowest BCUT2D eigenvalue weighted by Gasteiger charge is -2.14. The number of halogens is 1. The molecule has 3 nitrogen and oxygen atoms in total. The number of benzene rings is 2. The van der Waals surface area contributed by atoms with Gasteiger partial charge in [0.2, 0.25) is 0 Å². The van der Waals surface area contributed by atoms with Crippen LogP contribution in [0.15, 0.2) is 36.4 Å². The highest BCUT2D eigenvalue weighted by molar-refractivity contribution is 5.69. The Labute approximate surface area is 112 Å². The molecule has 2 aromatic rings. The summed E-state index contributed by atoms with van der Waals surface area (Å²) >= 11 is 0. The van der Waals surface area contributed by atoms with E-state index < -0.39 is 0 Å². The molecule has 0 unspecified atom stereocenters. The number of hydrogen-bond donors (Lipinski definition) is 2. The second-order valence-corrected chi connectivity index (χ2v) is 4.33. The van der Waals surface area contributed by atoms with Gasteiger partial charge in [-0.15, -0.1) is 0 Å². The number of nitrogens with one attached hydrogen (secondary N) is 1. The average molecular weight is 260 g/mol. The molecule has 0 bridgehead atoms. The fourth-order valence-corrected chi connectivity index (χ4v) is 1.92. The third-order valence-electron chi connectivity index (χ3n) is 2.91. The first-order chi connectivity index (χ1) is 9.13. The van der Waals surface area contributed by atoms with E-state index in [9.17, 15) is 4.39 Å². The fourth-order valence-electron chi connectivity index (χ4n) is 1.92. The predicted octanol–water partition coefficient (Wildman–Crippen LogP) is 3.35. The normalized spacial score (nSPS) is 10.3. The maximum absolute atomic E-state index is 13.2. The van der Waals surface area contributed by atoms with Crippen molar-refractivity contribution in [3.05, 3.63) is 53.3 Å². The molecule has 0 aromatic heterocycles. The van der Waals surface area contributed by atoms with Crippen molar-refractivity contribution in [3.63, 3.8) is 0 Å². The van der Waals surface area contributed by atoms with Crippen LogP contribution in [-0.2, 0) is 6.54 Å². The molecule has 0 heterocycles. The summed E-state index contributed by atoms with van der Waals surface area (Å²) < 4.78 is 18.5. The van der Waals surface area contributed by atoms with Crippen LogP contribution >= 0.6 is 0 Å². The van der Waals surface area contributed by atoms with Gasteiger partial charge in [-0.3, -0.25) is 0 Å². The van der Waals surface area contributed by atoms with Gasteiger partial charge < -0.3 is 15.8 Å². The number of hydrogen-bond acceptors (Lipinski definition) is 3. The number of aryl methyl sites for hydroxylation is 1. The third-order valence-corrected chi connectivity index (χ3v) is 2.91. The van der Waals surface area contributed by atoms with Gasteiger partial charge in [-0.25, -0.2) is 4.39 Å². The number of nitrogens with two attached hydrogens (primary N) is 1. The van der Waals surface area contributed by atoms with Gasteiger partial charge in [0, 0.05) is 12.2 Å². The SMILES string of the molecule is COc1ccc(C)cc1Nc1ccc(F)cc1CN. The topological polar surface area (TPSA) is 47.3 Å². The number of ether oxygens (including phenoxy) is 1. The number of anilines is 2. The molecule has 100 valence electrons. The van der Waals surface area contributed by atoms with E-state index in [0.717, 1.165) is 28.3 Å². The molecule has 0 aliphatic rings. The highest BCUT2D eigenvalue weighted by Crippen LogP contribution is 2.30. The molecular formula is C15H17FN2O. The lowest BCUT2D eigenvalue weighted by atomic mass is 10.1. The summed E-state index contributed by atoms with van der Waals surface area (Å²) in [6.07, 6.45) is 0. The van der Waals surface area contributed by atoms with Gasteiger partial charge in [-0.2, -0.15) is 0 Å². The van der Waals surface area contributed by atoms with Crippen molar-refractivity contribution in [2.75, 3.05) is 12.4 Å². The van der Waals surface area contributed by atoms with E-state index in [1.54, 1.807) is 13.2 Å². The van der Waals surface area contributed by atoms with E-state index in [0.29, 0.717) is 0 Å². The second kappa shape index (κ2) is 5.71. The van der Waals surface area contributed by atoms with Gasteiger partial charge in [-0.05, 0) is 48.4 Å². The van der Waals surface area contributed by atoms with Gasteiger partial charge >= 0.3 is 0 Å². The van der Waals surface area contributed by atoms with Crippen LogP contribution in [0.3, 0.4) is 0 Å². The molecule has 0 saturated carbocycles. The Morgan fingerprint density at radius 2 is 1.95 bits per heavy atom. The zero-order valence-electron chi connectivity index (χ0n) is 11.0. The monoisotopic (exact) mass is 260 g/mol. The second-order valence-electron chi connectivity index (χ2n) is 4.33. The molecule has 0 saturated heterocycles. The van der Waals surface area contributed by atoms with Crippen LogP contribution in [0.2, 0.25) is 0 Å². The molecule has 0 fully saturated rings. The van der Waals surface area contributed by atoms with Gasteiger partial charge in [0.25, 0.3) is 0 Å². The van der Waals surface area contributed by atoms with Crippen molar-refractivity contribution in [2.45, 2.75) is 13.5 Å². The van der Waals surface area contributed by atoms with Gasteiger partial charge in [-0.1, -0.05) is 6.07 Å². The summed E-state index contributed by atoms with van der Waals surface area (Å²) in [4.78, 5) is 0. The lowest BCUT2D eigenvalue weighted by Crippen LogP contribution is -2.03. The summed E-state index contributed by atoms with van der Waals surface area (Å²) in [7, 11) is 1.62. The molecule has 0 radical (unpaired) electrons. The summed E-state index contributed by atoms with van der Waals surface area (Å²) in [5, 5.41) is 3.24. The molecule has 4 heteroatoms. The smallest absolute Gasteiger partial charge is 0.142 e. The van der Waals surface area contributed by atoms with Crippen LogP contribution in [0.25, 0.3) is 0 Å². The minimum atomic E-state index is -0.290. The summed E-state index contributed by atoms with van der Waals surface area (Å²) in [5.41, 5.74) is 9.09. The minimum Gasteiger partial charge on any atom is -0.495 e. The lowest BCUT2D eigenvalue weighted by molar-refractivity contribution is 0.416. The Bertz CT molecular complexity index is 584. The zero-order chi connectivity index (χ0) is 13.8. The zero-order valence-corrected chi connectivity index (χ0v) is 11.0. The highest BCUT2D eigenvalue weighted by atomic mass is 19.1. The van der Waals surface area contributed by atoms with Gasteiger partial charge in [0.15, 0.2) is 0 Å². The molecule has 19 heavy (non-hydrogen) atoms. The van der Waals surface area contributed by atoms with Gasteiger partial charge in [0.1, 0.15) is 11.6 Å². The van der Waals surface area contributed by atoms with E-state index in [1.165, 1.54) is 12.1 Å². The van der Waals surface area contributed by atoms with E-state index >= 15 is 0 Å². The van der Waals surface area contributed by atoms with Crippen molar-refractivity contribution in [1.29, 1.82) is 0 Å². The molecular weight excluding hydrogens is 243 g/mol. The van der Waals surface area contributed by atoms with Crippen LogP contribution < -0.4 is 15.8 Å². The minimum absolute atomic E-state index is 0.272. The molecule has 0 amide bonds. The molecule has 3 N–H and O–H groups in total. The Morgan fingerprint density at radius 3 is 2.63 bits per heavy atom. The summed E-state index contributed by atoms with van der Waals surface area (Å²) in [6, 6.07) is 10.4. The fraction of sp³-hybridized carbons (Fsp3) is 0.200. The molecule has 0 aliphatic heterocycles. The quantitative estimate of drug-likeness (QED) is 0.886. The number of methoxy groups -OCH3 is 1. The van der Waals surface area contributed by atoms with Crippen molar-refractivity contribution < 1.29 is 9.13 Å². The van der Waals surface area contributed by atoms with E-state index in [4.69, 9.17) is 10.5 Å². The van der Waals surface area contributed by atoms with Crippen molar-refractivity contribution in [2.24, 2.45) is 5.73 Å². The maximum atomic E-state index is 13.2. The average Bonchev–Trinajstić information content (AvgIpc) is 2.41. The Hall–Kier alpha value is -2.07. The van der Waals surface area contributed by atoms with E-state index in [1.807, 2.05) is 25.1 Å². The van der Waals surface area contributed by atoms with E-state index in [-0.39, 0.29) is 12.4 Å². The van der Waals surface area contributed by atoms with Crippen LogP contribution in [0.5, 0.6) is 5.75 Å². The first kappa shape index (κ1) is 13.4. The van der Waals surface area contributed by atoms with Gasteiger partial charge in [0.05, 0.1) is 12.8 Å². The molecule has 0 atom stereocenters.